The Kier molecular flexibility index (Phi) is 4.31. The standard InChI is InChI=1S/C12H15BrIN/c13-11-6-5-10(9-12(11)14)15-7-3-1-2-4-8-15/h5-6,9H,1-4,7-8H2. The smallest absolute Gasteiger partial charge is 0.0377 e. The summed E-state index contributed by atoms with van der Waals surface area (Å²) in [7, 11) is 0. The number of halogens is 2. The highest BCUT2D eigenvalue weighted by molar-refractivity contribution is 14.1. The van der Waals surface area contributed by atoms with Crippen molar-refractivity contribution in [3.63, 3.8) is 0 Å². The second kappa shape index (κ2) is 5.53. The molecule has 0 saturated carbocycles. The summed E-state index contributed by atoms with van der Waals surface area (Å²) in [5.41, 5.74) is 1.38. The lowest BCUT2D eigenvalue weighted by Gasteiger charge is -2.23. The van der Waals surface area contributed by atoms with Gasteiger partial charge in [-0.15, -0.1) is 0 Å². The minimum absolute atomic E-state index is 1.20. The molecule has 0 bridgehead atoms. The van der Waals surface area contributed by atoms with Crippen LogP contribution in [0.4, 0.5) is 5.69 Å². The Labute approximate surface area is 114 Å². The lowest BCUT2D eigenvalue weighted by molar-refractivity contribution is 0.726. The Balaban J connectivity index is 2.16. The van der Waals surface area contributed by atoms with E-state index in [9.17, 15) is 0 Å². The zero-order valence-electron chi connectivity index (χ0n) is 8.68. The second-order valence-corrected chi connectivity index (χ2v) is 6.02. The van der Waals surface area contributed by atoms with Gasteiger partial charge in [0, 0.05) is 26.8 Å². The van der Waals surface area contributed by atoms with Gasteiger partial charge >= 0.3 is 0 Å². The van der Waals surface area contributed by atoms with Gasteiger partial charge in [-0.2, -0.15) is 0 Å². The molecule has 3 heteroatoms. The molecule has 0 radical (unpaired) electrons. The van der Waals surface area contributed by atoms with E-state index in [0.29, 0.717) is 0 Å². The van der Waals surface area contributed by atoms with Crippen LogP contribution in [0.15, 0.2) is 22.7 Å². The van der Waals surface area contributed by atoms with Crippen molar-refractivity contribution in [2.24, 2.45) is 0 Å². The van der Waals surface area contributed by atoms with Crippen LogP contribution in [0.5, 0.6) is 0 Å². The summed E-state index contributed by atoms with van der Waals surface area (Å²) in [6, 6.07) is 6.65. The van der Waals surface area contributed by atoms with Crippen LogP contribution in [0, 0.1) is 3.57 Å². The predicted octanol–water partition coefficient (Wildman–Crippen LogP) is 4.43. The number of nitrogens with zero attached hydrogens (tertiary/aromatic N) is 1. The summed E-state index contributed by atoms with van der Waals surface area (Å²) in [5.74, 6) is 0. The van der Waals surface area contributed by atoms with E-state index in [-0.39, 0.29) is 0 Å². The quantitative estimate of drug-likeness (QED) is 0.652. The first kappa shape index (κ1) is 11.7. The van der Waals surface area contributed by atoms with Gasteiger partial charge in [0.2, 0.25) is 0 Å². The summed E-state index contributed by atoms with van der Waals surface area (Å²) in [6.07, 6.45) is 5.47. The molecule has 1 aromatic carbocycles. The average molecular weight is 380 g/mol. The summed E-state index contributed by atoms with van der Waals surface area (Å²) >= 11 is 5.92. The van der Waals surface area contributed by atoms with Crippen molar-refractivity contribution in [2.75, 3.05) is 18.0 Å². The first-order valence-electron chi connectivity index (χ1n) is 5.47. The zero-order chi connectivity index (χ0) is 10.7. The van der Waals surface area contributed by atoms with Gasteiger partial charge in [0.15, 0.2) is 0 Å². The molecule has 0 amide bonds. The lowest BCUT2D eigenvalue weighted by atomic mass is 10.2. The molecular formula is C12H15BrIN. The zero-order valence-corrected chi connectivity index (χ0v) is 12.4. The van der Waals surface area contributed by atoms with Crippen LogP contribution >= 0.6 is 38.5 Å². The fraction of sp³-hybridized carbons (Fsp3) is 0.500. The number of anilines is 1. The Hall–Kier alpha value is 0.230. The third kappa shape index (κ3) is 3.09. The fourth-order valence-corrected chi connectivity index (χ4v) is 2.76. The Morgan fingerprint density at radius 3 is 2.33 bits per heavy atom. The minimum Gasteiger partial charge on any atom is -0.372 e. The molecule has 1 aromatic rings. The first-order valence-corrected chi connectivity index (χ1v) is 7.34. The molecular weight excluding hydrogens is 365 g/mol. The van der Waals surface area contributed by atoms with Crippen LogP contribution < -0.4 is 4.90 Å². The van der Waals surface area contributed by atoms with Gasteiger partial charge in [0.05, 0.1) is 0 Å². The third-order valence-electron chi connectivity index (χ3n) is 2.87. The van der Waals surface area contributed by atoms with E-state index in [2.05, 4.69) is 61.6 Å². The lowest BCUT2D eigenvalue weighted by Crippen LogP contribution is -2.23. The third-order valence-corrected chi connectivity index (χ3v) is 5.20. The summed E-state index contributed by atoms with van der Waals surface area (Å²) in [6.45, 7) is 2.44. The van der Waals surface area contributed by atoms with E-state index in [1.165, 1.54) is 52.5 Å². The molecule has 1 heterocycles. The number of rotatable bonds is 1. The first-order chi connectivity index (χ1) is 7.27. The minimum atomic E-state index is 1.20. The molecule has 0 atom stereocenters. The van der Waals surface area contributed by atoms with Gasteiger partial charge in [-0.05, 0) is 69.6 Å². The molecule has 1 aliphatic rings. The highest BCUT2D eigenvalue weighted by atomic mass is 127. The van der Waals surface area contributed by atoms with E-state index >= 15 is 0 Å². The maximum Gasteiger partial charge on any atom is 0.0377 e. The van der Waals surface area contributed by atoms with E-state index in [1.54, 1.807) is 0 Å². The molecule has 0 aromatic heterocycles. The normalized spacial score (nSPS) is 17.6. The van der Waals surface area contributed by atoms with Crippen LogP contribution in [0.2, 0.25) is 0 Å². The maximum atomic E-state index is 3.54. The Morgan fingerprint density at radius 2 is 1.73 bits per heavy atom. The topological polar surface area (TPSA) is 3.24 Å². The summed E-state index contributed by atoms with van der Waals surface area (Å²) in [5, 5.41) is 0. The van der Waals surface area contributed by atoms with Crippen molar-refractivity contribution in [3.05, 3.63) is 26.2 Å². The number of hydrogen-bond acceptors (Lipinski definition) is 1. The van der Waals surface area contributed by atoms with Crippen molar-refractivity contribution in [1.82, 2.24) is 0 Å². The molecule has 1 saturated heterocycles. The van der Waals surface area contributed by atoms with Crippen LogP contribution in [0.3, 0.4) is 0 Å². The predicted molar refractivity (Wildman–Crippen MR) is 77.5 cm³/mol. The van der Waals surface area contributed by atoms with Crippen molar-refractivity contribution in [1.29, 1.82) is 0 Å². The van der Waals surface area contributed by atoms with Gasteiger partial charge in [0.1, 0.15) is 0 Å². The molecule has 0 N–H and O–H groups in total. The SMILES string of the molecule is Brc1ccc(N2CCCCCC2)cc1I. The molecule has 0 unspecified atom stereocenters. The molecule has 1 aliphatic heterocycles. The molecule has 2 rings (SSSR count). The molecule has 0 spiro atoms. The van der Waals surface area contributed by atoms with E-state index in [4.69, 9.17) is 0 Å². The Bertz CT molecular complexity index is 332. The highest BCUT2D eigenvalue weighted by Gasteiger charge is 2.10. The largest absolute Gasteiger partial charge is 0.372 e. The maximum absolute atomic E-state index is 3.54. The van der Waals surface area contributed by atoms with Crippen LogP contribution in [-0.4, -0.2) is 13.1 Å². The summed E-state index contributed by atoms with van der Waals surface area (Å²) < 4.78 is 2.50. The van der Waals surface area contributed by atoms with E-state index in [1.807, 2.05) is 0 Å². The van der Waals surface area contributed by atoms with Gasteiger partial charge in [-0.25, -0.2) is 0 Å². The van der Waals surface area contributed by atoms with E-state index in [0.717, 1.165) is 0 Å². The monoisotopic (exact) mass is 379 g/mol. The van der Waals surface area contributed by atoms with Crippen molar-refractivity contribution < 1.29 is 0 Å². The van der Waals surface area contributed by atoms with E-state index < -0.39 is 0 Å². The number of hydrogen-bond donors (Lipinski definition) is 0. The van der Waals surface area contributed by atoms with Crippen LogP contribution in [0.25, 0.3) is 0 Å². The van der Waals surface area contributed by atoms with Crippen LogP contribution in [0.1, 0.15) is 25.7 Å². The summed E-state index contributed by atoms with van der Waals surface area (Å²) in [4.78, 5) is 2.52. The van der Waals surface area contributed by atoms with Crippen molar-refractivity contribution in [3.8, 4) is 0 Å². The highest BCUT2D eigenvalue weighted by Crippen LogP contribution is 2.26. The van der Waals surface area contributed by atoms with Gasteiger partial charge in [-0.3, -0.25) is 0 Å². The van der Waals surface area contributed by atoms with Gasteiger partial charge in [-0.1, -0.05) is 12.8 Å². The fourth-order valence-electron chi connectivity index (χ4n) is 2.01. The average Bonchev–Trinajstić information content (AvgIpc) is 2.50. The van der Waals surface area contributed by atoms with Crippen LogP contribution in [-0.2, 0) is 0 Å². The molecule has 1 fully saturated rings. The van der Waals surface area contributed by atoms with Crippen molar-refractivity contribution in [2.45, 2.75) is 25.7 Å². The molecule has 0 aliphatic carbocycles. The Morgan fingerprint density at radius 1 is 1.07 bits per heavy atom. The second-order valence-electron chi connectivity index (χ2n) is 4.00. The van der Waals surface area contributed by atoms with Gasteiger partial charge in [0.25, 0.3) is 0 Å². The van der Waals surface area contributed by atoms with Gasteiger partial charge < -0.3 is 4.90 Å². The molecule has 15 heavy (non-hydrogen) atoms. The number of benzene rings is 1. The van der Waals surface area contributed by atoms with Crippen molar-refractivity contribution >= 4 is 44.2 Å². The molecule has 1 nitrogen and oxygen atoms in total. The molecule has 82 valence electrons.